The molecule has 2 N–H and O–H groups in total. The molecule has 1 aromatic carbocycles. The molecule has 30 heavy (non-hydrogen) atoms. The summed E-state index contributed by atoms with van der Waals surface area (Å²) in [4.78, 5) is 36.2. The van der Waals surface area contributed by atoms with Crippen molar-refractivity contribution < 1.29 is 28.6 Å². The number of pyridine rings is 1. The summed E-state index contributed by atoms with van der Waals surface area (Å²) in [6.07, 6.45) is 0.184. The van der Waals surface area contributed by atoms with Crippen molar-refractivity contribution in [1.82, 2.24) is 9.88 Å². The highest BCUT2D eigenvalue weighted by molar-refractivity contribution is 5.92. The minimum absolute atomic E-state index is 0.0379. The Bertz CT molecular complexity index is 956. The number of methoxy groups -OCH3 is 1. The number of carbonyl (C=O) groups is 2. The van der Waals surface area contributed by atoms with Crippen molar-refractivity contribution in [3.63, 3.8) is 0 Å². The Balaban J connectivity index is 2.37. The van der Waals surface area contributed by atoms with Crippen molar-refractivity contribution in [1.29, 1.82) is 0 Å². The van der Waals surface area contributed by atoms with Crippen LogP contribution in [0.2, 0.25) is 0 Å². The Morgan fingerprint density at radius 3 is 2.63 bits per heavy atom. The van der Waals surface area contributed by atoms with E-state index < -0.39 is 29.7 Å². The average Bonchev–Trinajstić information content (AvgIpc) is 2.70. The van der Waals surface area contributed by atoms with Gasteiger partial charge in [-0.3, -0.25) is 4.79 Å². The number of carbonyl (C=O) groups excluding carboxylic acids is 1. The molecular weight excluding hydrogens is 395 g/mol. The zero-order valence-electron chi connectivity index (χ0n) is 17.3. The monoisotopic (exact) mass is 422 g/mol. The molecule has 0 radical (unpaired) electrons. The van der Waals surface area contributed by atoms with Crippen molar-refractivity contribution >= 4 is 23.0 Å². The number of rotatable bonds is 10. The van der Waals surface area contributed by atoms with Gasteiger partial charge in [-0.2, -0.15) is 0 Å². The third-order valence-corrected chi connectivity index (χ3v) is 4.72. The first-order valence-electron chi connectivity index (χ1n) is 9.75. The van der Waals surface area contributed by atoms with Crippen LogP contribution in [0.5, 0.6) is 0 Å². The molecule has 0 bridgehead atoms. The van der Waals surface area contributed by atoms with Crippen LogP contribution in [-0.4, -0.2) is 48.2 Å². The quantitative estimate of drug-likeness (QED) is 0.609. The fraction of sp³-hybridized carbons (Fsp3) is 0.476. The zero-order valence-corrected chi connectivity index (χ0v) is 17.3. The molecule has 2 aromatic rings. The van der Waals surface area contributed by atoms with Crippen LogP contribution in [0.1, 0.15) is 48.7 Å². The van der Waals surface area contributed by atoms with Gasteiger partial charge in [0.2, 0.25) is 5.43 Å². The summed E-state index contributed by atoms with van der Waals surface area (Å²) >= 11 is 0. The van der Waals surface area contributed by atoms with Crippen LogP contribution in [0, 0.1) is 0 Å². The number of halogens is 1. The number of carboxylic acid groups (broad SMARTS) is 1. The number of amides is 1. The maximum Gasteiger partial charge on any atom is 0.407 e. The molecule has 2 rings (SSSR count). The number of aromatic carboxylic acids is 1. The molecule has 2 unspecified atom stereocenters. The van der Waals surface area contributed by atoms with E-state index in [1.807, 2.05) is 6.92 Å². The van der Waals surface area contributed by atoms with Gasteiger partial charge >= 0.3 is 12.1 Å². The third kappa shape index (κ3) is 5.79. The highest BCUT2D eigenvalue weighted by Gasteiger charge is 2.18. The molecule has 164 valence electrons. The van der Waals surface area contributed by atoms with Crippen LogP contribution in [-0.2, 0) is 16.0 Å². The number of alkyl carbamates (subject to hydrolysis) is 1. The summed E-state index contributed by atoms with van der Waals surface area (Å²) in [5, 5.41) is 12.3. The van der Waals surface area contributed by atoms with E-state index in [0.717, 1.165) is 0 Å². The Kier molecular flexibility index (Phi) is 8.35. The summed E-state index contributed by atoms with van der Waals surface area (Å²) in [6, 6.07) is 4.62. The molecule has 0 spiro atoms. The first-order chi connectivity index (χ1) is 14.3. The SMILES string of the molecule is CCC(NC(=O)OCCC(C)F)c1ccc2c(c1)c(=O)c(C(=O)O)cn2CCOC. The number of alkyl halides is 1. The maximum atomic E-state index is 12.8. The number of aromatic nitrogens is 1. The predicted molar refractivity (Wildman–Crippen MR) is 110 cm³/mol. The van der Waals surface area contributed by atoms with Gasteiger partial charge < -0.3 is 24.5 Å². The van der Waals surface area contributed by atoms with E-state index in [9.17, 15) is 23.9 Å². The zero-order chi connectivity index (χ0) is 22.3. The largest absolute Gasteiger partial charge is 0.477 e. The maximum absolute atomic E-state index is 12.8. The molecule has 8 nitrogen and oxygen atoms in total. The van der Waals surface area contributed by atoms with Gasteiger partial charge in [0, 0.05) is 31.7 Å². The second kappa shape index (κ2) is 10.7. The lowest BCUT2D eigenvalue weighted by Crippen LogP contribution is -2.29. The predicted octanol–water partition coefficient (Wildman–Crippen LogP) is 3.27. The van der Waals surface area contributed by atoms with Crippen LogP contribution < -0.4 is 10.7 Å². The normalized spacial score (nSPS) is 13.1. The van der Waals surface area contributed by atoms with Crippen molar-refractivity contribution in [3.8, 4) is 0 Å². The van der Waals surface area contributed by atoms with Crippen molar-refractivity contribution in [2.75, 3.05) is 20.3 Å². The Morgan fingerprint density at radius 2 is 2.03 bits per heavy atom. The minimum Gasteiger partial charge on any atom is -0.477 e. The first-order valence-corrected chi connectivity index (χ1v) is 9.75. The van der Waals surface area contributed by atoms with E-state index in [0.29, 0.717) is 30.7 Å². The van der Waals surface area contributed by atoms with E-state index in [4.69, 9.17) is 9.47 Å². The summed E-state index contributed by atoms with van der Waals surface area (Å²) in [5.41, 5.74) is 0.276. The standard InChI is InChI=1S/C21H27FN2O6/c1-4-17(23-21(28)30-9-7-13(2)22)14-5-6-18-15(11-14)19(25)16(20(26)27)12-24(18)8-10-29-3/h5-6,11-13,17H,4,7-10H2,1-3H3,(H,23,28)(H,26,27). The number of nitrogens with one attached hydrogen (secondary N) is 1. The van der Waals surface area contributed by atoms with Gasteiger partial charge in [-0.25, -0.2) is 14.0 Å². The number of hydrogen-bond donors (Lipinski definition) is 2. The molecule has 0 fully saturated rings. The van der Waals surface area contributed by atoms with Gasteiger partial charge in [-0.05, 0) is 31.0 Å². The first kappa shape index (κ1) is 23.3. The Labute approximate surface area is 173 Å². The topological polar surface area (TPSA) is 107 Å². The van der Waals surface area contributed by atoms with Crippen LogP contribution in [0.3, 0.4) is 0 Å². The summed E-state index contributed by atoms with van der Waals surface area (Å²) in [6.45, 7) is 3.92. The molecule has 0 aliphatic heterocycles. The minimum atomic E-state index is -1.31. The Morgan fingerprint density at radius 1 is 1.30 bits per heavy atom. The molecule has 9 heteroatoms. The van der Waals surface area contributed by atoms with Crippen LogP contribution in [0.4, 0.5) is 9.18 Å². The number of ether oxygens (including phenoxy) is 2. The number of hydrogen-bond acceptors (Lipinski definition) is 5. The lowest BCUT2D eigenvalue weighted by molar-refractivity contribution is 0.0694. The molecule has 1 heterocycles. The molecule has 1 aromatic heterocycles. The molecular formula is C21H27FN2O6. The van der Waals surface area contributed by atoms with Crippen molar-refractivity contribution in [3.05, 3.63) is 45.7 Å². The second-order valence-corrected chi connectivity index (χ2v) is 6.95. The van der Waals surface area contributed by atoms with Gasteiger partial charge in [-0.1, -0.05) is 13.0 Å². The number of carboxylic acids is 1. The number of fused-ring (bicyclic) bond motifs is 1. The van der Waals surface area contributed by atoms with Gasteiger partial charge in [0.05, 0.1) is 24.8 Å². The summed E-state index contributed by atoms with van der Waals surface area (Å²) < 4.78 is 24.5. The van der Waals surface area contributed by atoms with Crippen molar-refractivity contribution in [2.45, 2.75) is 45.4 Å². The molecule has 0 saturated heterocycles. The third-order valence-electron chi connectivity index (χ3n) is 4.72. The van der Waals surface area contributed by atoms with E-state index in [1.165, 1.54) is 20.2 Å². The lowest BCUT2D eigenvalue weighted by atomic mass is 10.0. The number of benzene rings is 1. The molecule has 0 aliphatic carbocycles. The van der Waals surface area contributed by atoms with E-state index >= 15 is 0 Å². The lowest BCUT2D eigenvalue weighted by Gasteiger charge is -2.19. The van der Waals surface area contributed by atoms with Gasteiger partial charge in [0.1, 0.15) is 11.7 Å². The fourth-order valence-corrected chi connectivity index (χ4v) is 3.08. The molecule has 2 atom stereocenters. The van der Waals surface area contributed by atoms with Crippen LogP contribution in [0.15, 0.2) is 29.2 Å². The summed E-state index contributed by atoms with van der Waals surface area (Å²) in [5.74, 6) is -1.31. The second-order valence-electron chi connectivity index (χ2n) is 6.95. The Hall–Kier alpha value is -2.94. The van der Waals surface area contributed by atoms with Crippen LogP contribution in [0.25, 0.3) is 10.9 Å². The van der Waals surface area contributed by atoms with Crippen molar-refractivity contribution in [2.24, 2.45) is 0 Å². The van der Waals surface area contributed by atoms with Gasteiger partial charge in [0.15, 0.2) is 0 Å². The van der Waals surface area contributed by atoms with E-state index in [1.54, 1.807) is 22.8 Å². The van der Waals surface area contributed by atoms with Crippen LogP contribution >= 0.6 is 0 Å². The molecule has 0 aliphatic rings. The number of nitrogens with zero attached hydrogens (tertiary/aromatic N) is 1. The van der Waals surface area contributed by atoms with Gasteiger partial charge in [0.25, 0.3) is 0 Å². The average molecular weight is 422 g/mol. The smallest absolute Gasteiger partial charge is 0.407 e. The summed E-state index contributed by atoms with van der Waals surface area (Å²) in [7, 11) is 1.53. The van der Waals surface area contributed by atoms with E-state index in [-0.39, 0.29) is 24.0 Å². The highest BCUT2D eigenvalue weighted by atomic mass is 19.1. The van der Waals surface area contributed by atoms with E-state index in [2.05, 4.69) is 5.32 Å². The fourth-order valence-electron chi connectivity index (χ4n) is 3.08. The molecule has 0 saturated carbocycles. The van der Waals surface area contributed by atoms with Gasteiger partial charge in [-0.15, -0.1) is 0 Å². The molecule has 1 amide bonds. The highest BCUT2D eigenvalue weighted by Crippen LogP contribution is 2.22.